The number of aromatic nitrogens is 3. The Morgan fingerprint density at radius 3 is 2.66 bits per heavy atom. The van der Waals surface area contributed by atoms with Crippen LogP contribution in [0.25, 0.3) is 16.9 Å². The van der Waals surface area contributed by atoms with E-state index in [0.29, 0.717) is 22.9 Å². The lowest BCUT2D eigenvalue weighted by atomic mass is 10.0. The Hall–Kier alpha value is -2.60. The molecule has 7 heteroatoms. The number of amides is 1. The van der Waals surface area contributed by atoms with Gasteiger partial charge in [-0.15, -0.1) is 0 Å². The van der Waals surface area contributed by atoms with Crippen LogP contribution in [0, 0.1) is 12.8 Å². The fourth-order valence-electron chi connectivity index (χ4n) is 4.02. The number of piperidine rings is 1. The van der Waals surface area contributed by atoms with Crippen LogP contribution in [0.3, 0.4) is 0 Å². The molecular weight excluding hydrogens is 386 g/mol. The number of hydrogen-bond acceptors (Lipinski definition) is 4. The van der Waals surface area contributed by atoms with Gasteiger partial charge in [0, 0.05) is 47.3 Å². The molecule has 1 aromatic carbocycles. The number of halogens is 1. The Kier molecular flexibility index (Phi) is 4.66. The Balaban J connectivity index is 1.41. The number of nitrogens with zero attached hydrogens (tertiary/aromatic N) is 4. The molecule has 1 amide bonds. The lowest BCUT2D eigenvalue weighted by Gasteiger charge is -2.33. The van der Waals surface area contributed by atoms with E-state index in [1.165, 1.54) is 0 Å². The zero-order valence-corrected chi connectivity index (χ0v) is 17.2. The van der Waals surface area contributed by atoms with Crippen molar-refractivity contribution in [3.8, 4) is 11.3 Å². The summed E-state index contributed by atoms with van der Waals surface area (Å²) in [4.78, 5) is 19.1. The summed E-state index contributed by atoms with van der Waals surface area (Å²) >= 11 is 6.42. The molecule has 0 atom stereocenters. The summed E-state index contributed by atoms with van der Waals surface area (Å²) in [5.74, 6) is 1.55. The minimum Gasteiger partial charge on any atom is -0.367 e. The number of aryl methyl sites for hydroxylation is 1. The van der Waals surface area contributed by atoms with E-state index in [-0.39, 0.29) is 0 Å². The van der Waals surface area contributed by atoms with Crippen molar-refractivity contribution >= 4 is 29.0 Å². The Labute approximate surface area is 174 Å². The molecule has 1 aliphatic carbocycles. The van der Waals surface area contributed by atoms with Gasteiger partial charge in [-0.05, 0) is 38.7 Å². The van der Waals surface area contributed by atoms with Gasteiger partial charge in [0.05, 0.1) is 11.9 Å². The summed E-state index contributed by atoms with van der Waals surface area (Å²) in [5, 5.41) is 8.84. The topological polar surface area (TPSA) is 62.5 Å². The number of anilines is 1. The van der Waals surface area contributed by atoms with Crippen LogP contribution in [0.5, 0.6) is 0 Å². The molecule has 2 aromatic heterocycles. The van der Waals surface area contributed by atoms with Crippen molar-refractivity contribution in [2.75, 3.05) is 18.4 Å². The first kappa shape index (κ1) is 18.4. The number of hydrogen-bond donors (Lipinski definition) is 1. The highest BCUT2D eigenvalue weighted by atomic mass is 35.5. The first-order valence-corrected chi connectivity index (χ1v) is 10.6. The normalized spacial score (nSPS) is 17.7. The van der Waals surface area contributed by atoms with E-state index >= 15 is 0 Å². The third kappa shape index (κ3) is 3.57. The third-order valence-corrected chi connectivity index (χ3v) is 6.21. The summed E-state index contributed by atoms with van der Waals surface area (Å²) in [7, 11) is 0. The highest BCUT2D eigenvalue weighted by Gasteiger charge is 2.35. The molecule has 5 rings (SSSR count). The first-order chi connectivity index (χ1) is 14.1. The first-order valence-electron chi connectivity index (χ1n) is 10.3. The Bertz CT molecular complexity index is 1070. The van der Waals surface area contributed by atoms with Crippen LogP contribution in [0.1, 0.15) is 31.2 Å². The monoisotopic (exact) mass is 409 g/mol. The van der Waals surface area contributed by atoms with Gasteiger partial charge >= 0.3 is 0 Å². The quantitative estimate of drug-likeness (QED) is 0.702. The Morgan fingerprint density at radius 2 is 1.93 bits per heavy atom. The SMILES string of the molecule is Cc1cnn2c(NC3CCN(C(=O)C4CC4)CC3)cc(-c3ccccc3Cl)nc12. The van der Waals surface area contributed by atoms with Gasteiger partial charge in [0.25, 0.3) is 0 Å². The smallest absolute Gasteiger partial charge is 0.225 e. The molecule has 29 heavy (non-hydrogen) atoms. The van der Waals surface area contributed by atoms with Crippen LogP contribution in [-0.4, -0.2) is 44.5 Å². The van der Waals surface area contributed by atoms with Crippen LogP contribution < -0.4 is 5.32 Å². The minimum atomic E-state index is 0.296. The predicted molar refractivity (Wildman–Crippen MR) is 114 cm³/mol. The van der Waals surface area contributed by atoms with E-state index < -0.39 is 0 Å². The number of likely N-dealkylation sites (tertiary alicyclic amines) is 1. The van der Waals surface area contributed by atoms with Crippen LogP contribution in [0.2, 0.25) is 5.02 Å². The van der Waals surface area contributed by atoms with Crippen molar-refractivity contribution in [3.05, 3.63) is 47.1 Å². The number of nitrogens with one attached hydrogen (secondary N) is 1. The van der Waals surface area contributed by atoms with Crippen LogP contribution in [-0.2, 0) is 4.79 Å². The molecule has 1 aliphatic heterocycles. The molecule has 1 saturated heterocycles. The van der Waals surface area contributed by atoms with Crippen molar-refractivity contribution in [2.24, 2.45) is 5.92 Å². The molecule has 3 aromatic rings. The van der Waals surface area contributed by atoms with Gasteiger partial charge in [0.2, 0.25) is 5.91 Å². The highest BCUT2D eigenvalue weighted by molar-refractivity contribution is 6.33. The number of rotatable bonds is 4. The van der Waals surface area contributed by atoms with E-state index in [1.807, 2.05) is 52.9 Å². The maximum Gasteiger partial charge on any atom is 0.225 e. The molecule has 1 saturated carbocycles. The van der Waals surface area contributed by atoms with E-state index in [9.17, 15) is 4.79 Å². The summed E-state index contributed by atoms with van der Waals surface area (Å²) in [6.45, 7) is 3.64. The van der Waals surface area contributed by atoms with Gasteiger partial charge in [0.15, 0.2) is 5.65 Å². The summed E-state index contributed by atoms with van der Waals surface area (Å²) in [6, 6.07) is 10.1. The predicted octanol–water partition coefficient (Wildman–Crippen LogP) is 4.17. The minimum absolute atomic E-state index is 0.296. The zero-order chi connectivity index (χ0) is 20.0. The second-order valence-corrected chi connectivity index (χ2v) is 8.49. The van der Waals surface area contributed by atoms with Crippen LogP contribution >= 0.6 is 11.6 Å². The molecule has 3 heterocycles. The third-order valence-electron chi connectivity index (χ3n) is 5.88. The molecule has 6 nitrogen and oxygen atoms in total. The number of benzene rings is 1. The van der Waals surface area contributed by atoms with Gasteiger partial charge in [0.1, 0.15) is 5.82 Å². The summed E-state index contributed by atoms with van der Waals surface area (Å²) in [6.07, 6.45) is 5.83. The van der Waals surface area contributed by atoms with Crippen LogP contribution in [0.15, 0.2) is 36.5 Å². The average Bonchev–Trinajstić information content (AvgIpc) is 3.52. The summed E-state index contributed by atoms with van der Waals surface area (Å²) < 4.78 is 1.86. The standard InChI is InChI=1S/C22H24ClN5O/c1-14-13-24-28-20(12-19(26-21(14)28)17-4-2-3-5-18(17)23)25-16-8-10-27(11-9-16)22(29)15-6-7-15/h2-5,12-13,15-16,25H,6-11H2,1H3. The number of carbonyl (C=O) groups is 1. The fraction of sp³-hybridized carbons (Fsp3) is 0.409. The molecule has 0 radical (unpaired) electrons. The van der Waals surface area contributed by atoms with Crippen molar-refractivity contribution in [3.63, 3.8) is 0 Å². The maximum atomic E-state index is 12.3. The maximum absolute atomic E-state index is 12.3. The average molecular weight is 410 g/mol. The second kappa shape index (κ2) is 7.34. The van der Waals surface area contributed by atoms with Crippen molar-refractivity contribution < 1.29 is 4.79 Å². The molecule has 2 fully saturated rings. The van der Waals surface area contributed by atoms with Gasteiger partial charge in [-0.25, -0.2) is 4.98 Å². The van der Waals surface area contributed by atoms with E-state index in [0.717, 1.165) is 67.1 Å². The van der Waals surface area contributed by atoms with Gasteiger partial charge < -0.3 is 10.2 Å². The molecule has 2 aliphatic rings. The molecule has 1 N–H and O–H groups in total. The van der Waals surface area contributed by atoms with Crippen LogP contribution in [0.4, 0.5) is 5.82 Å². The molecular formula is C22H24ClN5O. The molecule has 0 bridgehead atoms. The molecule has 0 unspecified atom stereocenters. The van der Waals surface area contributed by atoms with E-state index in [2.05, 4.69) is 10.4 Å². The number of carbonyl (C=O) groups excluding carboxylic acids is 1. The van der Waals surface area contributed by atoms with Gasteiger partial charge in [-0.3, -0.25) is 4.79 Å². The molecule has 0 spiro atoms. The largest absolute Gasteiger partial charge is 0.367 e. The van der Waals surface area contributed by atoms with Crippen molar-refractivity contribution in [2.45, 2.75) is 38.6 Å². The Morgan fingerprint density at radius 1 is 1.17 bits per heavy atom. The fourth-order valence-corrected chi connectivity index (χ4v) is 4.26. The van der Waals surface area contributed by atoms with E-state index in [4.69, 9.17) is 16.6 Å². The van der Waals surface area contributed by atoms with Crippen molar-refractivity contribution in [1.29, 1.82) is 0 Å². The lowest BCUT2D eigenvalue weighted by molar-refractivity contribution is -0.133. The van der Waals surface area contributed by atoms with Crippen molar-refractivity contribution in [1.82, 2.24) is 19.5 Å². The number of fused-ring (bicyclic) bond motifs is 1. The lowest BCUT2D eigenvalue weighted by Crippen LogP contribution is -2.43. The van der Waals surface area contributed by atoms with Gasteiger partial charge in [-0.1, -0.05) is 29.8 Å². The molecule has 150 valence electrons. The second-order valence-electron chi connectivity index (χ2n) is 8.09. The zero-order valence-electron chi connectivity index (χ0n) is 16.4. The summed E-state index contributed by atoms with van der Waals surface area (Å²) in [5.41, 5.74) is 3.58. The van der Waals surface area contributed by atoms with E-state index in [1.54, 1.807) is 0 Å². The van der Waals surface area contributed by atoms with Gasteiger partial charge in [-0.2, -0.15) is 9.61 Å². The highest BCUT2D eigenvalue weighted by Crippen LogP contribution is 2.33.